The molecule has 12 heteroatoms. The largest absolute Gasteiger partial charge is 0.481 e. The van der Waals surface area contributed by atoms with Crippen LogP contribution in [0.3, 0.4) is 0 Å². The fourth-order valence-corrected chi connectivity index (χ4v) is 4.13. The summed E-state index contributed by atoms with van der Waals surface area (Å²) in [6.45, 7) is 3.16. The summed E-state index contributed by atoms with van der Waals surface area (Å²) < 4.78 is 5.86. The van der Waals surface area contributed by atoms with Crippen LogP contribution in [0.25, 0.3) is 0 Å². The highest BCUT2D eigenvalue weighted by molar-refractivity contribution is 9.09. The Morgan fingerprint density at radius 2 is 1.43 bits per heavy atom. The predicted octanol–water partition coefficient (Wildman–Crippen LogP) is 3.63. The summed E-state index contributed by atoms with van der Waals surface area (Å²) in [7, 11) is 0. The molecule has 0 aliphatic rings. The van der Waals surface area contributed by atoms with Gasteiger partial charge in [0.2, 0.25) is 5.91 Å². The Bertz CT molecular complexity index is 1060. The van der Waals surface area contributed by atoms with E-state index in [2.05, 4.69) is 47.4 Å². The molecular weight excluding hydrogens is 614 g/mol. The number of carboxylic acids is 2. The molecule has 0 heterocycles. The number of nitrogens with zero attached hydrogens (tertiary/aromatic N) is 1. The molecule has 200 valence electrons. The van der Waals surface area contributed by atoms with E-state index in [1.54, 1.807) is 24.3 Å². The van der Waals surface area contributed by atoms with Crippen LogP contribution in [0.2, 0.25) is 0 Å². The van der Waals surface area contributed by atoms with E-state index in [1.807, 2.05) is 24.3 Å². The van der Waals surface area contributed by atoms with Crippen LogP contribution in [-0.4, -0.2) is 69.8 Å². The molecule has 0 spiro atoms. The second-order valence-corrected chi connectivity index (χ2v) is 9.60. The van der Waals surface area contributed by atoms with E-state index in [1.165, 1.54) is 6.92 Å². The maximum absolute atomic E-state index is 12.5. The average molecular weight is 643 g/mol. The van der Waals surface area contributed by atoms with E-state index >= 15 is 0 Å². The van der Waals surface area contributed by atoms with E-state index < -0.39 is 42.3 Å². The molecule has 0 aliphatic carbocycles. The molecule has 4 N–H and O–H groups in total. The lowest BCUT2D eigenvalue weighted by Gasteiger charge is -2.23. The normalized spacial score (nSPS) is 12.2. The highest BCUT2D eigenvalue weighted by atomic mass is 79.9. The molecule has 0 radical (unpaired) electrons. The Morgan fingerprint density at radius 3 is 1.92 bits per heavy atom. The van der Waals surface area contributed by atoms with Crippen LogP contribution in [0.5, 0.6) is 11.5 Å². The molecular formula is C25H29Br2N3O7. The van der Waals surface area contributed by atoms with Crippen molar-refractivity contribution in [1.29, 1.82) is 0 Å². The van der Waals surface area contributed by atoms with Crippen LogP contribution >= 0.6 is 31.9 Å². The lowest BCUT2D eigenvalue weighted by molar-refractivity contribution is -0.143. The van der Waals surface area contributed by atoms with Crippen molar-refractivity contribution in [3.05, 3.63) is 54.1 Å². The molecule has 2 aromatic carbocycles. The fourth-order valence-electron chi connectivity index (χ4n) is 3.28. The minimum absolute atomic E-state index is 0.271. The molecule has 2 atom stereocenters. The van der Waals surface area contributed by atoms with Gasteiger partial charge in [-0.2, -0.15) is 0 Å². The summed E-state index contributed by atoms with van der Waals surface area (Å²) in [5.74, 6) is -2.63. The van der Waals surface area contributed by atoms with Gasteiger partial charge in [0.1, 0.15) is 23.6 Å². The van der Waals surface area contributed by atoms with Gasteiger partial charge in [0.25, 0.3) is 5.91 Å². The molecule has 2 aromatic rings. The van der Waals surface area contributed by atoms with E-state index in [0.717, 1.165) is 29.4 Å². The first kappa shape index (κ1) is 30.1. The Hall–Kier alpha value is -3.12. The van der Waals surface area contributed by atoms with Crippen molar-refractivity contribution in [2.75, 3.05) is 28.6 Å². The molecule has 0 aromatic heterocycles. The maximum Gasteiger partial charge on any atom is 0.326 e. The van der Waals surface area contributed by atoms with E-state index in [9.17, 15) is 24.3 Å². The van der Waals surface area contributed by atoms with Crippen LogP contribution in [0.4, 0.5) is 5.69 Å². The van der Waals surface area contributed by atoms with Crippen LogP contribution in [0.1, 0.15) is 30.1 Å². The van der Waals surface area contributed by atoms with E-state index in [4.69, 9.17) is 9.84 Å². The maximum atomic E-state index is 12.5. The number of halogens is 2. The van der Waals surface area contributed by atoms with Gasteiger partial charge in [-0.1, -0.05) is 31.9 Å². The van der Waals surface area contributed by atoms with Gasteiger partial charge in [-0.05, 0) is 61.9 Å². The molecule has 0 fully saturated rings. The van der Waals surface area contributed by atoms with Crippen molar-refractivity contribution in [2.45, 2.75) is 31.8 Å². The molecule has 10 nitrogen and oxygen atoms in total. The number of hydrogen-bond donors (Lipinski definition) is 4. The number of rotatable bonds is 15. The number of anilines is 1. The topological polar surface area (TPSA) is 145 Å². The van der Waals surface area contributed by atoms with Gasteiger partial charge in [0.15, 0.2) is 0 Å². The zero-order chi connectivity index (χ0) is 27.4. The lowest BCUT2D eigenvalue weighted by Crippen LogP contribution is -2.50. The lowest BCUT2D eigenvalue weighted by atomic mass is 10.1. The Morgan fingerprint density at radius 1 is 0.892 bits per heavy atom. The zero-order valence-electron chi connectivity index (χ0n) is 20.2. The number of amides is 2. The first-order chi connectivity index (χ1) is 17.6. The average Bonchev–Trinajstić information content (AvgIpc) is 2.86. The quantitative estimate of drug-likeness (QED) is 0.216. The van der Waals surface area contributed by atoms with E-state index in [-0.39, 0.29) is 12.0 Å². The SMILES string of the molecule is C[C@H](NC(=O)c1ccc(Oc2ccc(N(CCBr)CCBr)cc2)cc1)C(=O)N[C@@H](CCC(=O)O)C(=O)O. The predicted molar refractivity (Wildman–Crippen MR) is 146 cm³/mol. The van der Waals surface area contributed by atoms with Gasteiger partial charge in [-0.25, -0.2) is 4.79 Å². The number of aliphatic carboxylic acids is 2. The summed E-state index contributed by atoms with van der Waals surface area (Å²) in [5.41, 5.74) is 1.36. The summed E-state index contributed by atoms with van der Waals surface area (Å²) >= 11 is 6.93. The molecule has 0 unspecified atom stereocenters. The molecule has 0 bridgehead atoms. The number of carboxylic acid groups (broad SMARTS) is 2. The number of nitrogens with one attached hydrogen (secondary N) is 2. The van der Waals surface area contributed by atoms with Gasteiger partial charge in [0.05, 0.1) is 0 Å². The first-order valence-electron chi connectivity index (χ1n) is 11.4. The number of alkyl halides is 2. The smallest absolute Gasteiger partial charge is 0.326 e. The first-order valence-corrected chi connectivity index (χ1v) is 13.7. The van der Waals surface area contributed by atoms with Crippen LogP contribution < -0.4 is 20.3 Å². The second kappa shape index (κ2) is 15.2. The van der Waals surface area contributed by atoms with Gasteiger partial charge in [-0.15, -0.1) is 0 Å². The third kappa shape index (κ3) is 10.0. The molecule has 2 rings (SSSR count). The summed E-state index contributed by atoms with van der Waals surface area (Å²) in [4.78, 5) is 49.0. The number of hydrogen-bond acceptors (Lipinski definition) is 6. The van der Waals surface area contributed by atoms with Crippen molar-refractivity contribution in [2.24, 2.45) is 0 Å². The van der Waals surface area contributed by atoms with Crippen molar-refractivity contribution < 1.29 is 34.1 Å². The number of benzene rings is 2. The fraction of sp³-hybridized carbons (Fsp3) is 0.360. The minimum atomic E-state index is -1.37. The molecule has 2 amide bonds. The van der Waals surface area contributed by atoms with Crippen LogP contribution in [-0.2, 0) is 14.4 Å². The van der Waals surface area contributed by atoms with Crippen molar-refractivity contribution in [3.8, 4) is 11.5 Å². The number of carbonyl (C=O) groups is 4. The third-order valence-electron chi connectivity index (χ3n) is 5.27. The molecule has 0 saturated carbocycles. The van der Waals surface area contributed by atoms with Gasteiger partial charge in [0, 0.05) is 41.4 Å². The summed E-state index contributed by atoms with van der Waals surface area (Å²) in [6, 6.07) is 11.6. The Labute approximate surface area is 231 Å². The van der Waals surface area contributed by atoms with Crippen LogP contribution in [0.15, 0.2) is 48.5 Å². The molecule has 37 heavy (non-hydrogen) atoms. The number of carbonyl (C=O) groups excluding carboxylic acids is 2. The Kier molecular flexibility index (Phi) is 12.4. The van der Waals surface area contributed by atoms with Crippen molar-refractivity contribution in [1.82, 2.24) is 10.6 Å². The zero-order valence-corrected chi connectivity index (χ0v) is 23.3. The summed E-state index contributed by atoms with van der Waals surface area (Å²) in [6.07, 6.45) is -0.684. The standard InChI is InChI=1S/C25H29Br2N3O7/c1-16(23(33)29-21(25(35)36)10-11-22(31)32)28-24(34)17-2-6-19(7-3-17)37-20-8-4-18(5-9-20)30(14-12-26)15-13-27/h2-9,16,21H,10-15H2,1H3,(H,28,34)(H,29,33)(H,31,32)(H,35,36)/t16-,21-/m0/s1. The van der Waals surface area contributed by atoms with Gasteiger partial charge < -0.3 is 30.5 Å². The minimum Gasteiger partial charge on any atom is -0.481 e. The third-order valence-corrected chi connectivity index (χ3v) is 5.97. The molecule has 0 aliphatic heterocycles. The van der Waals surface area contributed by atoms with E-state index in [0.29, 0.717) is 11.5 Å². The van der Waals surface area contributed by atoms with Gasteiger partial charge in [-0.3, -0.25) is 14.4 Å². The van der Waals surface area contributed by atoms with Crippen molar-refractivity contribution in [3.63, 3.8) is 0 Å². The highest BCUT2D eigenvalue weighted by Gasteiger charge is 2.24. The van der Waals surface area contributed by atoms with Crippen molar-refractivity contribution >= 4 is 61.3 Å². The monoisotopic (exact) mass is 641 g/mol. The van der Waals surface area contributed by atoms with Gasteiger partial charge >= 0.3 is 11.9 Å². The number of ether oxygens (including phenoxy) is 1. The second-order valence-electron chi connectivity index (χ2n) is 8.01. The summed E-state index contributed by atoms with van der Waals surface area (Å²) in [5, 5.41) is 24.4. The Balaban J connectivity index is 1.93. The molecule has 0 saturated heterocycles. The highest BCUT2D eigenvalue weighted by Crippen LogP contribution is 2.25. The van der Waals surface area contributed by atoms with Crippen LogP contribution in [0, 0.1) is 0 Å².